The molecule has 5 heteroatoms. The summed E-state index contributed by atoms with van der Waals surface area (Å²) in [6.45, 7) is 2.68. The zero-order valence-electron chi connectivity index (χ0n) is 12.1. The number of phenolic OH excluding ortho intramolecular Hbond substituents is 1. The average Bonchev–Trinajstić information content (AvgIpc) is 2.45. The van der Waals surface area contributed by atoms with Gasteiger partial charge in [0.05, 0.1) is 4.90 Å². The number of aromatic hydroxyl groups is 1. The molecule has 4 nitrogen and oxygen atoms in total. The highest BCUT2D eigenvalue weighted by atomic mass is 32.2. The minimum Gasteiger partial charge on any atom is -0.508 e. The van der Waals surface area contributed by atoms with Crippen molar-refractivity contribution in [2.24, 2.45) is 0 Å². The molecule has 2 aromatic rings. The van der Waals surface area contributed by atoms with Gasteiger partial charge >= 0.3 is 0 Å². The number of hydrogen-bond acceptors (Lipinski definition) is 4. The molecule has 0 aliphatic heterocycles. The van der Waals surface area contributed by atoms with Crippen molar-refractivity contribution >= 4 is 9.84 Å². The van der Waals surface area contributed by atoms with Gasteiger partial charge in [-0.2, -0.15) is 0 Å². The molecular weight excluding hydrogens is 286 g/mol. The first-order valence-corrected chi connectivity index (χ1v) is 8.57. The Morgan fingerprint density at radius 2 is 1.62 bits per heavy atom. The Labute approximate surface area is 125 Å². The second-order valence-electron chi connectivity index (χ2n) is 5.11. The van der Waals surface area contributed by atoms with E-state index in [0.29, 0.717) is 11.4 Å². The van der Waals surface area contributed by atoms with Crippen LogP contribution in [0, 0.1) is 0 Å². The molecule has 2 aromatic carbocycles. The zero-order valence-corrected chi connectivity index (χ0v) is 12.9. The first-order chi connectivity index (χ1) is 9.86. The fourth-order valence-electron chi connectivity index (χ4n) is 2.01. The van der Waals surface area contributed by atoms with Crippen molar-refractivity contribution in [3.8, 4) is 5.75 Å². The van der Waals surface area contributed by atoms with Gasteiger partial charge in [0.1, 0.15) is 5.75 Å². The van der Waals surface area contributed by atoms with E-state index >= 15 is 0 Å². The third-order valence-electron chi connectivity index (χ3n) is 3.36. The predicted octanol–water partition coefficient (Wildman–Crippen LogP) is 2.65. The standard InChI is InChI=1S/C16H19NO3S/c1-12(14-5-7-15(18)8-6-14)17-11-13-3-9-16(10-4-13)21(2,19)20/h3-10,12,17-18H,11H2,1-2H3. The monoisotopic (exact) mass is 305 g/mol. The van der Waals surface area contributed by atoms with E-state index in [1.807, 2.05) is 31.2 Å². The molecule has 0 heterocycles. The SMILES string of the molecule is CC(NCc1ccc(S(C)(=O)=O)cc1)c1ccc(O)cc1. The van der Waals surface area contributed by atoms with Gasteiger partial charge in [-0.25, -0.2) is 8.42 Å². The minimum atomic E-state index is -3.14. The molecule has 0 aliphatic rings. The van der Waals surface area contributed by atoms with Crippen LogP contribution in [0.5, 0.6) is 5.75 Å². The third-order valence-corrected chi connectivity index (χ3v) is 4.49. The van der Waals surface area contributed by atoms with Gasteiger partial charge in [0.2, 0.25) is 0 Å². The Morgan fingerprint density at radius 1 is 1.05 bits per heavy atom. The van der Waals surface area contributed by atoms with Gasteiger partial charge in [-0.1, -0.05) is 24.3 Å². The van der Waals surface area contributed by atoms with Crippen molar-refractivity contribution in [1.82, 2.24) is 5.32 Å². The summed E-state index contributed by atoms with van der Waals surface area (Å²) in [5.74, 6) is 0.252. The second kappa shape index (κ2) is 6.28. The van der Waals surface area contributed by atoms with E-state index in [1.54, 1.807) is 24.3 Å². The highest BCUT2D eigenvalue weighted by Crippen LogP contribution is 2.17. The van der Waals surface area contributed by atoms with Crippen LogP contribution in [-0.4, -0.2) is 19.8 Å². The highest BCUT2D eigenvalue weighted by molar-refractivity contribution is 7.90. The first kappa shape index (κ1) is 15.5. The maximum Gasteiger partial charge on any atom is 0.175 e. The number of phenols is 1. The third kappa shape index (κ3) is 4.31. The smallest absolute Gasteiger partial charge is 0.175 e. The van der Waals surface area contributed by atoms with Gasteiger partial charge in [-0.15, -0.1) is 0 Å². The zero-order chi connectivity index (χ0) is 15.5. The van der Waals surface area contributed by atoms with Gasteiger partial charge in [0, 0.05) is 18.8 Å². The Hall–Kier alpha value is -1.85. The summed E-state index contributed by atoms with van der Waals surface area (Å²) < 4.78 is 22.8. The number of rotatable bonds is 5. The van der Waals surface area contributed by atoms with Crippen molar-refractivity contribution in [3.63, 3.8) is 0 Å². The van der Waals surface area contributed by atoms with Gasteiger partial charge in [0.25, 0.3) is 0 Å². The van der Waals surface area contributed by atoms with Crippen LogP contribution in [0.3, 0.4) is 0 Å². The van der Waals surface area contributed by atoms with Crippen LogP contribution in [0.1, 0.15) is 24.1 Å². The van der Waals surface area contributed by atoms with Crippen LogP contribution < -0.4 is 5.32 Å². The summed E-state index contributed by atoms with van der Waals surface area (Å²) in [5, 5.41) is 12.6. The lowest BCUT2D eigenvalue weighted by atomic mass is 10.1. The van der Waals surface area contributed by atoms with E-state index in [2.05, 4.69) is 5.32 Å². The maximum absolute atomic E-state index is 11.4. The second-order valence-corrected chi connectivity index (χ2v) is 7.13. The summed E-state index contributed by atoms with van der Waals surface area (Å²) in [6.07, 6.45) is 1.20. The summed E-state index contributed by atoms with van der Waals surface area (Å²) in [7, 11) is -3.14. The molecule has 0 saturated heterocycles. The van der Waals surface area contributed by atoms with Gasteiger partial charge in [-0.3, -0.25) is 0 Å². The molecule has 0 fully saturated rings. The van der Waals surface area contributed by atoms with E-state index in [9.17, 15) is 13.5 Å². The van der Waals surface area contributed by atoms with Crippen LogP contribution in [-0.2, 0) is 16.4 Å². The van der Waals surface area contributed by atoms with E-state index in [4.69, 9.17) is 0 Å². The summed E-state index contributed by atoms with van der Waals surface area (Å²) in [6, 6.07) is 14.1. The normalized spacial score (nSPS) is 13.0. The van der Waals surface area contributed by atoms with Crippen molar-refractivity contribution in [1.29, 1.82) is 0 Å². The summed E-state index contributed by atoms with van der Waals surface area (Å²) in [4.78, 5) is 0.331. The molecule has 0 aliphatic carbocycles. The Balaban J connectivity index is 1.98. The van der Waals surface area contributed by atoms with Crippen LogP contribution in [0.15, 0.2) is 53.4 Å². The van der Waals surface area contributed by atoms with E-state index in [0.717, 1.165) is 11.1 Å². The molecule has 112 valence electrons. The van der Waals surface area contributed by atoms with Crippen molar-refractivity contribution in [3.05, 3.63) is 59.7 Å². The van der Waals surface area contributed by atoms with Crippen molar-refractivity contribution in [2.75, 3.05) is 6.26 Å². The molecular formula is C16H19NO3S. The molecule has 1 unspecified atom stereocenters. The van der Waals surface area contributed by atoms with Gasteiger partial charge in [-0.05, 0) is 42.3 Å². The molecule has 0 bridgehead atoms. The lowest BCUT2D eigenvalue weighted by Gasteiger charge is -2.14. The molecule has 0 aromatic heterocycles. The molecule has 21 heavy (non-hydrogen) atoms. The lowest BCUT2D eigenvalue weighted by molar-refractivity contribution is 0.474. The molecule has 1 atom stereocenters. The van der Waals surface area contributed by atoms with Crippen LogP contribution >= 0.6 is 0 Å². The fraction of sp³-hybridized carbons (Fsp3) is 0.250. The highest BCUT2D eigenvalue weighted by Gasteiger charge is 2.07. The van der Waals surface area contributed by atoms with Gasteiger partial charge in [0.15, 0.2) is 9.84 Å². The maximum atomic E-state index is 11.4. The molecule has 0 saturated carbocycles. The van der Waals surface area contributed by atoms with Crippen LogP contribution in [0.2, 0.25) is 0 Å². The van der Waals surface area contributed by atoms with Crippen LogP contribution in [0.25, 0.3) is 0 Å². The molecule has 2 N–H and O–H groups in total. The molecule has 0 amide bonds. The Kier molecular flexibility index (Phi) is 4.65. The fourth-order valence-corrected chi connectivity index (χ4v) is 2.64. The number of nitrogens with one attached hydrogen (secondary N) is 1. The largest absolute Gasteiger partial charge is 0.508 e. The average molecular weight is 305 g/mol. The topological polar surface area (TPSA) is 66.4 Å². The summed E-state index contributed by atoms with van der Waals surface area (Å²) in [5.41, 5.74) is 2.11. The van der Waals surface area contributed by atoms with E-state index in [1.165, 1.54) is 6.26 Å². The van der Waals surface area contributed by atoms with E-state index in [-0.39, 0.29) is 11.8 Å². The number of benzene rings is 2. The van der Waals surface area contributed by atoms with Crippen molar-refractivity contribution < 1.29 is 13.5 Å². The molecule has 0 spiro atoms. The Morgan fingerprint density at radius 3 is 2.14 bits per heavy atom. The minimum absolute atomic E-state index is 0.139. The number of sulfone groups is 1. The van der Waals surface area contributed by atoms with Crippen LogP contribution in [0.4, 0.5) is 0 Å². The number of hydrogen-bond donors (Lipinski definition) is 2. The molecule has 0 radical (unpaired) electrons. The summed E-state index contributed by atoms with van der Waals surface area (Å²) >= 11 is 0. The predicted molar refractivity (Wildman–Crippen MR) is 82.9 cm³/mol. The van der Waals surface area contributed by atoms with Gasteiger partial charge < -0.3 is 10.4 Å². The van der Waals surface area contributed by atoms with E-state index < -0.39 is 9.84 Å². The molecule has 2 rings (SSSR count). The quantitative estimate of drug-likeness (QED) is 0.891. The Bertz CT molecular complexity index is 691. The van der Waals surface area contributed by atoms with Crippen molar-refractivity contribution in [2.45, 2.75) is 24.4 Å². The first-order valence-electron chi connectivity index (χ1n) is 6.67. The lowest BCUT2D eigenvalue weighted by Crippen LogP contribution is -2.18.